The Morgan fingerprint density at radius 3 is 2.80 bits per heavy atom. The van der Waals surface area contributed by atoms with E-state index in [2.05, 4.69) is 15.6 Å². The van der Waals surface area contributed by atoms with Crippen LogP contribution >= 0.6 is 0 Å². The molecule has 2 N–H and O–H groups in total. The number of hydrogen-bond acceptors (Lipinski definition) is 4. The molecule has 0 unspecified atom stereocenters. The van der Waals surface area contributed by atoms with Gasteiger partial charge in [-0.05, 0) is 26.0 Å². The maximum Gasteiger partial charge on any atom is 0.337 e. The van der Waals surface area contributed by atoms with Crippen LogP contribution in [0.4, 0.5) is 0 Å². The quantitative estimate of drug-likeness (QED) is 0.850. The molecule has 0 radical (unpaired) electrons. The van der Waals surface area contributed by atoms with Crippen LogP contribution in [0.25, 0.3) is 11.0 Å². The summed E-state index contributed by atoms with van der Waals surface area (Å²) in [6, 6.07) is 4.89. The summed E-state index contributed by atoms with van der Waals surface area (Å²) < 4.78 is 1.46. The summed E-state index contributed by atoms with van der Waals surface area (Å²) in [5.74, 6) is -1.14. The van der Waals surface area contributed by atoms with Gasteiger partial charge in [0.25, 0.3) is 0 Å². The molecule has 20 heavy (non-hydrogen) atoms. The number of fused-ring (bicyclic) bond motifs is 1. The van der Waals surface area contributed by atoms with Crippen LogP contribution in [0.5, 0.6) is 0 Å². The molecule has 0 aliphatic carbocycles. The number of benzene rings is 1. The van der Waals surface area contributed by atoms with Gasteiger partial charge in [-0.2, -0.15) is 0 Å². The van der Waals surface area contributed by atoms with Gasteiger partial charge in [-0.3, -0.25) is 4.79 Å². The first-order valence-corrected chi connectivity index (χ1v) is 6.34. The zero-order chi connectivity index (χ0) is 14.7. The van der Waals surface area contributed by atoms with Crippen LogP contribution in [0.1, 0.15) is 30.6 Å². The fourth-order valence-corrected chi connectivity index (χ4v) is 1.96. The van der Waals surface area contributed by atoms with Crippen molar-refractivity contribution in [3.8, 4) is 0 Å². The van der Waals surface area contributed by atoms with E-state index in [1.54, 1.807) is 12.1 Å². The highest BCUT2D eigenvalue weighted by molar-refractivity contribution is 6.00. The number of rotatable bonds is 5. The van der Waals surface area contributed by atoms with E-state index in [9.17, 15) is 14.7 Å². The number of nitrogens with zero attached hydrogens (tertiary/aromatic N) is 3. The second-order valence-corrected chi connectivity index (χ2v) is 4.76. The third-order valence-corrected chi connectivity index (χ3v) is 2.76. The number of aryl methyl sites for hydroxylation is 1. The van der Waals surface area contributed by atoms with Crippen LogP contribution in [-0.4, -0.2) is 38.0 Å². The summed E-state index contributed by atoms with van der Waals surface area (Å²) >= 11 is 0. The lowest BCUT2D eigenvalue weighted by molar-refractivity contribution is -0.121. The molecule has 1 amide bonds. The van der Waals surface area contributed by atoms with Crippen LogP contribution in [0.15, 0.2) is 18.2 Å². The first-order chi connectivity index (χ1) is 9.49. The van der Waals surface area contributed by atoms with Crippen molar-refractivity contribution in [2.75, 3.05) is 0 Å². The monoisotopic (exact) mass is 276 g/mol. The van der Waals surface area contributed by atoms with Crippen molar-refractivity contribution in [3.63, 3.8) is 0 Å². The predicted molar refractivity (Wildman–Crippen MR) is 72.4 cm³/mol. The third-order valence-electron chi connectivity index (χ3n) is 2.76. The fraction of sp³-hybridized carbons (Fsp3) is 0.385. The third kappa shape index (κ3) is 2.93. The van der Waals surface area contributed by atoms with Crippen molar-refractivity contribution in [2.24, 2.45) is 0 Å². The number of carbonyl (C=O) groups is 2. The van der Waals surface area contributed by atoms with Gasteiger partial charge in [0.15, 0.2) is 0 Å². The second-order valence-electron chi connectivity index (χ2n) is 4.76. The van der Waals surface area contributed by atoms with Crippen molar-refractivity contribution < 1.29 is 14.7 Å². The van der Waals surface area contributed by atoms with Gasteiger partial charge in [-0.15, -0.1) is 5.10 Å². The van der Waals surface area contributed by atoms with Crippen molar-refractivity contribution in [1.82, 2.24) is 20.3 Å². The summed E-state index contributed by atoms with van der Waals surface area (Å²) in [6.07, 6.45) is 0.227. The normalized spacial score (nSPS) is 10.9. The molecule has 2 rings (SSSR count). The van der Waals surface area contributed by atoms with E-state index in [1.165, 1.54) is 10.7 Å². The number of carboxylic acids is 1. The molecule has 7 nitrogen and oxygen atoms in total. The number of nitrogens with one attached hydrogen (secondary N) is 1. The average molecular weight is 276 g/mol. The maximum absolute atomic E-state index is 11.6. The molecule has 0 saturated carbocycles. The zero-order valence-electron chi connectivity index (χ0n) is 11.3. The van der Waals surface area contributed by atoms with Gasteiger partial charge in [0.2, 0.25) is 5.91 Å². The Hall–Kier alpha value is -2.44. The van der Waals surface area contributed by atoms with Crippen molar-refractivity contribution in [2.45, 2.75) is 32.9 Å². The molecule has 2 aromatic rings. The molecular formula is C13H16N4O3. The molecular weight excluding hydrogens is 260 g/mol. The van der Waals surface area contributed by atoms with Crippen molar-refractivity contribution in [1.29, 1.82) is 0 Å². The Bertz CT molecular complexity index is 648. The van der Waals surface area contributed by atoms with Gasteiger partial charge in [0.05, 0.1) is 12.1 Å². The number of aromatic carboxylic acids is 1. The lowest BCUT2D eigenvalue weighted by atomic mass is 10.2. The molecule has 0 saturated heterocycles. The molecule has 106 valence electrons. The van der Waals surface area contributed by atoms with E-state index >= 15 is 0 Å². The number of hydrogen-bond donors (Lipinski definition) is 2. The zero-order valence-corrected chi connectivity index (χ0v) is 11.3. The van der Waals surface area contributed by atoms with Gasteiger partial charge in [-0.1, -0.05) is 11.3 Å². The number of amides is 1. The molecule has 0 aliphatic rings. The van der Waals surface area contributed by atoms with E-state index < -0.39 is 5.97 Å². The first kappa shape index (κ1) is 14.0. The van der Waals surface area contributed by atoms with Gasteiger partial charge < -0.3 is 10.4 Å². The highest BCUT2D eigenvalue weighted by Crippen LogP contribution is 2.16. The fourth-order valence-electron chi connectivity index (χ4n) is 1.96. The first-order valence-electron chi connectivity index (χ1n) is 6.34. The summed E-state index contributed by atoms with van der Waals surface area (Å²) in [4.78, 5) is 22.8. The van der Waals surface area contributed by atoms with Crippen LogP contribution in [0.3, 0.4) is 0 Å². The Labute approximate surface area is 115 Å². The van der Waals surface area contributed by atoms with E-state index in [4.69, 9.17) is 0 Å². The Kier molecular flexibility index (Phi) is 3.97. The van der Waals surface area contributed by atoms with E-state index in [-0.39, 0.29) is 23.9 Å². The van der Waals surface area contributed by atoms with Gasteiger partial charge in [0.1, 0.15) is 11.0 Å². The minimum Gasteiger partial charge on any atom is -0.478 e. The number of carbonyl (C=O) groups excluding carboxylic acids is 1. The minimum absolute atomic E-state index is 0.0737. The average Bonchev–Trinajstić information content (AvgIpc) is 2.78. The standard InChI is InChI=1S/C13H16N4O3/c1-8(2)14-11(18)6-7-17-12-9(13(19)20)4-3-5-10(12)15-16-17/h3-5,8H,6-7H2,1-2H3,(H,14,18)(H,19,20). The largest absolute Gasteiger partial charge is 0.478 e. The second kappa shape index (κ2) is 5.68. The van der Waals surface area contributed by atoms with E-state index in [0.717, 1.165) is 0 Å². The predicted octanol–water partition coefficient (Wildman–Crippen LogP) is 1.04. The molecule has 0 fully saturated rings. The molecule has 1 aromatic carbocycles. The molecule has 0 atom stereocenters. The molecule has 0 spiro atoms. The number of para-hydroxylation sites is 1. The summed E-state index contributed by atoms with van der Waals surface area (Å²) in [5.41, 5.74) is 1.09. The van der Waals surface area contributed by atoms with Gasteiger partial charge >= 0.3 is 5.97 Å². The molecule has 0 aliphatic heterocycles. The van der Waals surface area contributed by atoms with Gasteiger partial charge in [-0.25, -0.2) is 9.48 Å². The molecule has 7 heteroatoms. The van der Waals surface area contributed by atoms with Crippen LogP contribution in [0.2, 0.25) is 0 Å². The van der Waals surface area contributed by atoms with Crippen molar-refractivity contribution in [3.05, 3.63) is 23.8 Å². The Morgan fingerprint density at radius 1 is 1.40 bits per heavy atom. The van der Waals surface area contributed by atoms with Crippen LogP contribution in [0, 0.1) is 0 Å². The smallest absolute Gasteiger partial charge is 0.337 e. The van der Waals surface area contributed by atoms with E-state index in [1.807, 2.05) is 13.8 Å². The lowest BCUT2D eigenvalue weighted by Crippen LogP contribution is -2.30. The Balaban J connectivity index is 2.23. The van der Waals surface area contributed by atoms with Crippen LogP contribution < -0.4 is 5.32 Å². The summed E-state index contributed by atoms with van der Waals surface area (Å²) in [6.45, 7) is 4.05. The number of carboxylic acid groups (broad SMARTS) is 1. The van der Waals surface area contributed by atoms with Crippen molar-refractivity contribution >= 4 is 22.9 Å². The molecule has 1 heterocycles. The lowest BCUT2D eigenvalue weighted by Gasteiger charge is -2.08. The van der Waals surface area contributed by atoms with E-state index in [0.29, 0.717) is 17.6 Å². The molecule has 1 aromatic heterocycles. The Morgan fingerprint density at radius 2 is 2.15 bits per heavy atom. The van der Waals surface area contributed by atoms with Crippen LogP contribution in [-0.2, 0) is 11.3 Å². The topological polar surface area (TPSA) is 97.1 Å². The number of aromatic nitrogens is 3. The summed E-state index contributed by atoms with van der Waals surface area (Å²) in [5, 5.41) is 19.8. The highest BCUT2D eigenvalue weighted by atomic mass is 16.4. The summed E-state index contributed by atoms with van der Waals surface area (Å²) in [7, 11) is 0. The maximum atomic E-state index is 11.6. The SMILES string of the molecule is CC(C)NC(=O)CCn1nnc2cccc(C(=O)O)c21. The highest BCUT2D eigenvalue weighted by Gasteiger charge is 2.15. The minimum atomic E-state index is -1.04. The molecule has 0 bridgehead atoms. The van der Waals surface area contributed by atoms with Gasteiger partial charge in [0, 0.05) is 12.5 Å².